The fraction of sp³-hybridized carbons (Fsp3) is 0.118. The number of hydrogen-bond donors (Lipinski definition) is 2. The zero-order valence-corrected chi connectivity index (χ0v) is 15.9. The molecule has 3 aromatic rings. The Kier molecular flexibility index (Phi) is 5.16. The minimum Gasteiger partial charge on any atom is -0.445 e. The Balaban J connectivity index is 2.18. The molecule has 1 aromatic heterocycles. The fourth-order valence-electron chi connectivity index (χ4n) is 2.65. The van der Waals surface area contributed by atoms with E-state index in [0.717, 1.165) is 6.26 Å². The van der Waals surface area contributed by atoms with Gasteiger partial charge >= 0.3 is 0 Å². The summed E-state index contributed by atoms with van der Waals surface area (Å²) in [7, 11) is -7.42. The number of rotatable bonds is 6. The number of nitrogens with two attached hydrogens (primary N) is 1. The lowest BCUT2D eigenvalue weighted by molar-refractivity contribution is 0.574. The van der Waals surface area contributed by atoms with Gasteiger partial charge in [-0.2, -0.15) is 0 Å². The normalized spacial score (nSPS) is 12.2. The predicted octanol–water partition coefficient (Wildman–Crippen LogP) is 1.71. The first-order valence-corrected chi connectivity index (χ1v) is 11.2. The van der Waals surface area contributed by atoms with Gasteiger partial charge in [0.25, 0.3) is 0 Å². The van der Waals surface area contributed by atoms with Crippen molar-refractivity contribution in [2.75, 3.05) is 6.26 Å². The van der Waals surface area contributed by atoms with Crippen molar-refractivity contribution in [1.29, 1.82) is 0 Å². The number of hydrogen-bond acceptors (Lipinski definition) is 6. The Hall–Kier alpha value is -2.53. The highest BCUT2D eigenvalue weighted by molar-refractivity contribution is 7.89. The molecule has 2 aromatic carbocycles. The average molecular weight is 407 g/mol. The van der Waals surface area contributed by atoms with Crippen LogP contribution in [-0.4, -0.2) is 28.1 Å². The van der Waals surface area contributed by atoms with Crippen molar-refractivity contribution in [2.24, 2.45) is 5.14 Å². The van der Waals surface area contributed by atoms with E-state index in [-0.39, 0.29) is 11.4 Å². The van der Waals surface area contributed by atoms with E-state index in [4.69, 9.17) is 9.56 Å². The molecule has 142 valence electrons. The molecule has 0 aliphatic rings. The van der Waals surface area contributed by atoms with Crippen LogP contribution >= 0.6 is 0 Å². The van der Waals surface area contributed by atoms with Gasteiger partial charge < -0.3 is 4.42 Å². The average Bonchev–Trinajstić information content (AvgIpc) is 3.13. The SMILES string of the molecule is CS(=O)(=O)NCc1cc(-c2ncco2)ccc1-c1ccccc1S(N)(=O)=O. The van der Waals surface area contributed by atoms with Gasteiger partial charge in [0.05, 0.1) is 17.3 Å². The molecule has 0 saturated heterocycles. The highest BCUT2D eigenvalue weighted by atomic mass is 32.2. The highest BCUT2D eigenvalue weighted by Crippen LogP contribution is 2.32. The summed E-state index contributed by atoms with van der Waals surface area (Å²) in [6.45, 7) is -0.0400. The standard InChI is InChI=1S/C17H17N3O5S2/c1-26(21,22)20-11-13-10-12(17-19-8-9-25-17)6-7-14(13)15-4-2-3-5-16(15)27(18,23)24/h2-10,20H,11H2,1H3,(H2,18,23,24). The molecule has 0 unspecified atom stereocenters. The summed E-state index contributed by atoms with van der Waals surface area (Å²) in [5.41, 5.74) is 2.09. The fourth-order valence-corrected chi connectivity index (χ4v) is 3.82. The first-order chi connectivity index (χ1) is 12.6. The largest absolute Gasteiger partial charge is 0.445 e. The van der Waals surface area contributed by atoms with Gasteiger partial charge in [-0.15, -0.1) is 0 Å². The summed E-state index contributed by atoms with van der Waals surface area (Å²) in [4.78, 5) is 4.03. The van der Waals surface area contributed by atoms with Crippen LogP contribution in [0.2, 0.25) is 0 Å². The molecule has 27 heavy (non-hydrogen) atoms. The van der Waals surface area contributed by atoms with Crippen molar-refractivity contribution in [3.05, 3.63) is 60.5 Å². The lowest BCUT2D eigenvalue weighted by Gasteiger charge is -2.14. The Bertz CT molecular complexity index is 1170. The number of sulfonamides is 2. The monoisotopic (exact) mass is 407 g/mol. The molecule has 1 heterocycles. The van der Waals surface area contributed by atoms with Gasteiger partial charge in [-0.25, -0.2) is 31.7 Å². The molecule has 0 fully saturated rings. The summed E-state index contributed by atoms with van der Waals surface area (Å²) in [5.74, 6) is 0.363. The molecule has 0 amide bonds. The maximum atomic E-state index is 12.0. The molecule has 0 atom stereocenters. The Labute approximate surface area is 157 Å². The first kappa shape index (κ1) is 19.2. The van der Waals surface area contributed by atoms with E-state index < -0.39 is 20.0 Å². The van der Waals surface area contributed by atoms with Crippen molar-refractivity contribution >= 4 is 20.0 Å². The van der Waals surface area contributed by atoms with Crippen molar-refractivity contribution in [3.8, 4) is 22.6 Å². The first-order valence-electron chi connectivity index (χ1n) is 7.75. The quantitative estimate of drug-likeness (QED) is 0.639. The predicted molar refractivity (Wildman–Crippen MR) is 100 cm³/mol. The zero-order chi connectivity index (χ0) is 19.7. The minimum atomic E-state index is -3.96. The molecule has 0 aliphatic carbocycles. The van der Waals surface area contributed by atoms with Crippen molar-refractivity contribution in [2.45, 2.75) is 11.4 Å². The van der Waals surface area contributed by atoms with Gasteiger partial charge in [0.2, 0.25) is 25.9 Å². The molecule has 0 saturated carbocycles. The van der Waals surface area contributed by atoms with Gasteiger partial charge in [-0.05, 0) is 29.3 Å². The smallest absolute Gasteiger partial charge is 0.238 e. The maximum Gasteiger partial charge on any atom is 0.238 e. The van der Waals surface area contributed by atoms with Crippen LogP contribution in [0, 0.1) is 0 Å². The van der Waals surface area contributed by atoms with Crippen molar-refractivity contribution < 1.29 is 21.3 Å². The number of nitrogens with zero attached hydrogens (tertiary/aromatic N) is 1. The Morgan fingerprint density at radius 2 is 1.81 bits per heavy atom. The molecule has 3 N–H and O–H groups in total. The van der Waals surface area contributed by atoms with Crippen LogP contribution in [0.5, 0.6) is 0 Å². The molecule has 8 nitrogen and oxygen atoms in total. The second kappa shape index (κ2) is 7.24. The summed E-state index contributed by atoms with van der Waals surface area (Å²) in [5, 5.41) is 5.33. The third-order valence-corrected chi connectivity index (χ3v) is 5.43. The van der Waals surface area contributed by atoms with Crippen molar-refractivity contribution in [3.63, 3.8) is 0 Å². The summed E-state index contributed by atoms with van der Waals surface area (Å²) >= 11 is 0. The molecule has 0 radical (unpaired) electrons. The third kappa shape index (κ3) is 4.61. The van der Waals surface area contributed by atoms with Gasteiger partial charge in [0.1, 0.15) is 6.26 Å². The van der Waals surface area contributed by atoms with Gasteiger partial charge in [-0.3, -0.25) is 0 Å². The second-order valence-electron chi connectivity index (χ2n) is 5.84. The number of benzene rings is 2. The third-order valence-electron chi connectivity index (χ3n) is 3.79. The topological polar surface area (TPSA) is 132 Å². The maximum absolute atomic E-state index is 12.0. The van der Waals surface area contributed by atoms with E-state index in [1.165, 1.54) is 18.5 Å². The highest BCUT2D eigenvalue weighted by Gasteiger charge is 2.18. The van der Waals surface area contributed by atoms with Crippen LogP contribution in [0.25, 0.3) is 22.6 Å². The van der Waals surface area contributed by atoms with E-state index in [9.17, 15) is 16.8 Å². The summed E-state index contributed by atoms with van der Waals surface area (Å²) in [6.07, 6.45) is 3.96. The van der Waals surface area contributed by atoms with Crippen LogP contribution in [0.15, 0.2) is 64.2 Å². The summed E-state index contributed by atoms with van der Waals surface area (Å²) in [6, 6.07) is 11.4. The van der Waals surface area contributed by atoms with Gasteiger partial charge in [-0.1, -0.05) is 24.3 Å². The van der Waals surface area contributed by atoms with Crippen LogP contribution in [0.1, 0.15) is 5.56 Å². The molecular weight excluding hydrogens is 390 g/mol. The van der Waals surface area contributed by atoms with Gasteiger partial charge in [0.15, 0.2) is 0 Å². The van der Waals surface area contributed by atoms with E-state index in [1.807, 2.05) is 0 Å². The molecule has 0 aliphatic heterocycles. The lowest BCUT2D eigenvalue weighted by atomic mass is 9.97. The molecule has 0 bridgehead atoms. The second-order valence-corrected chi connectivity index (χ2v) is 9.21. The molecule has 10 heteroatoms. The van der Waals surface area contributed by atoms with E-state index >= 15 is 0 Å². The van der Waals surface area contributed by atoms with Crippen LogP contribution < -0.4 is 9.86 Å². The zero-order valence-electron chi connectivity index (χ0n) is 14.3. The van der Waals surface area contributed by atoms with E-state index in [1.54, 1.807) is 36.4 Å². The summed E-state index contributed by atoms with van der Waals surface area (Å²) < 4.78 is 54.7. The molecule has 3 rings (SSSR count). The van der Waals surface area contributed by atoms with E-state index in [0.29, 0.717) is 28.1 Å². The van der Waals surface area contributed by atoms with E-state index in [2.05, 4.69) is 9.71 Å². The Morgan fingerprint density at radius 3 is 2.44 bits per heavy atom. The van der Waals surface area contributed by atoms with Crippen LogP contribution in [0.3, 0.4) is 0 Å². The number of oxazole rings is 1. The van der Waals surface area contributed by atoms with Crippen LogP contribution in [0.4, 0.5) is 0 Å². The van der Waals surface area contributed by atoms with Crippen LogP contribution in [-0.2, 0) is 26.6 Å². The van der Waals surface area contributed by atoms with Gasteiger partial charge in [0, 0.05) is 17.7 Å². The minimum absolute atomic E-state index is 0.0400. The molecular formula is C17H17N3O5S2. The molecule has 0 spiro atoms. The lowest BCUT2D eigenvalue weighted by Crippen LogP contribution is -2.21. The Morgan fingerprint density at radius 1 is 1.07 bits per heavy atom. The number of nitrogens with one attached hydrogen (secondary N) is 1. The number of primary sulfonamides is 1. The van der Waals surface area contributed by atoms with Crippen molar-refractivity contribution in [1.82, 2.24) is 9.71 Å². The number of aromatic nitrogens is 1.